The Morgan fingerprint density at radius 2 is 2.00 bits per heavy atom. The number of allylic oxidation sites excluding steroid dienone is 2. The summed E-state index contributed by atoms with van der Waals surface area (Å²) in [4.78, 5) is 10.2. The lowest BCUT2D eigenvalue weighted by molar-refractivity contribution is -0.108. The Bertz CT molecular complexity index is 184. The van der Waals surface area contributed by atoms with Gasteiger partial charge in [-0.3, -0.25) is 0 Å². The second-order valence-electron chi connectivity index (χ2n) is 4.35. The van der Waals surface area contributed by atoms with Crippen molar-refractivity contribution in [1.29, 1.82) is 0 Å². The van der Waals surface area contributed by atoms with E-state index in [-0.39, 0.29) is 0 Å². The summed E-state index contributed by atoms with van der Waals surface area (Å²) in [5, 5.41) is 0. The SMILES string of the molecule is CCCC/C=C/CCC1CC1CC=O. The van der Waals surface area contributed by atoms with E-state index in [1.54, 1.807) is 0 Å². The monoisotopic (exact) mass is 194 g/mol. The number of hydrogen-bond acceptors (Lipinski definition) is 1. The van der Waals surface area contributed by atoms with Crippen molar-refractivity contribution in [2.24, 2.45) is 11.8 Å². The van der Waals surface area contributed by atoms with Crippen molar-refractivity contribution in [2.75, 3.05) is 0 Å². The van der Waals surface area contributed by atoms with Crippen LogP contribution in [-0.4, -0.2) is 6.29 Å². The number of unbranched alkanes of at least 4 members (excludes halogenated alkanes) is 2. The quantitative estimate of drug-likeness (QED) is 0.327. The molecule has 0 spiro atoms. The van der Waals surface area contributed by atoms with E-state index in [1.807, 2.05) is 0 Å². The molecule has 1 fully saturated rings. The maximum atomic E-state index is 10.2. The largest absolute Gasteiger partial charge is 0.303 e. The number of hydrogen-bond donors (Lipinski definition) is 0. The van der Waals surface area contributed by atoms with Crippen molar-refractivity contribution in [1.82, 2.24) is 0 Å². The van der Waals surface area contributed by atoms with Crippen LogP contribution in [0.1, 0.15) is 51.9 Å². The second-order valence-corrected chi connectivity index (χ2v) is 4.35. The molecule has 2 atom stereocenters. The summed E-state index contributed by atoms with van der Waals surface area (Å²) in [6.07, 6.45) is 14.1. The maximum absolute atomic E-state index is 10.2. The molecule has 0 saturated heterocycles. The van der Waals surface area contributed by atoms with Gasteiger partial charge in [-0.25, -0.2) is 0 Å². The Morgan fingerprint density at radius 3 is 2.71 bits per heavy atom. The zero-order chi connectivity index (χ0) is 10.2. The van der Waals surface area contributed by atoms with Crippen LogP contribution in [0.5, 0.6) is 0 Å². The lowest BCUT2D eigenvalue weighted by Crippen LogP contribution is -1.83. The molecule has 1 nitrogen and oxygen atoms in total. The zero-order valence-corrected chi connectivity index (χ0v) is 9.24. The van der Waals surface area contributed by atoms with Gasteiger partial charge in [0.2, 0.25) is 0 Å². The van der Waals surface area contributed by atoms with Gasteiger partial charge < -0.3 is 4.79 Å². The van der Waals surface area contributed by atoms with E-state index in [0.29, 0.717) is 0 Å². The highest BCUT2D eigenvalue weighted by Crippen LogP contribution is 2.43. The Hall–Kier alpha value is -0.590. The maximum Gasteiger partial charge on any atom is 0.120 e. The number of aldehydes is 1. The van der Waals surface area contributed by atoms with Crippen LogP contribution in [0.15, 0.2) is 12.2 Å². The van der Waals surface area contributed by atoms with Gasteiger partial charge in [-0.2, -0.15) is 0 Å². The average Bonchev–Trinajstić information content (AvgIpc) is 2.91. The molecule has 1 aliphatic carbocycles. The van der Waals surface area contributed by atoms with Crippen LogP contribution >= 0.6 is 0 Å². The molecule has 1 saturated carbocycles. The zero-order valence-electron chi connectivity index (χ0n) is 9.24. The molecular formula is C13H22O. The highest BCUT2D eigenvalue weighted by molar-refractivity contribution is 5.50. The van der Waals surface area contributed by atoms with Crippen molar-refractivity contribution in [3.63, 3.8) is 0 Å². The first kappa shape index (κ1) is 11.5. The Labute approximate surface area is 87.6 Å². The van der Waals surface area contributed by atoms with Gasteiger partial charge in [0.15, 0.2) is 0 Å². The number of rotatable bonds is 8. The minimum Gasteiger partial charge on any atom is -0.303 e. The van der Waals surface area contributed by atoms with Crippen LogP contribution in [-0.2, 0) is 4.79 Å². The standard InChI is InChI=1S/C13H22O/c1-2-3-4-5-6-7-8-12-11-13(12)9-10-14/h5-6,10,12-13H,2-4,7-9,11H2,1H3/b6-5+. The molecule has 1 heteroatoms. The molecule has 0 aromatic rings. The molecule has 0 aromatic heterocycles. The van der Waals surface area contributed by atoms with Crippen LogP contribution in [0.2, 0.25) is 0 Å². The molecule has 0 aromatic carbocycles. The van der Waals surface area contributed by atoms with Gasteiger partial charge >= 0.3 is 0 Å². The predicted octanol–water partition coefficient (Wildman–Crippen LogP) is 3.74. The van der Waals surface area contributed by atoms with Gasteiger partial charge in [-0.05, 0) is 37.5 Å². The fourth-order valence-corrected chi connectivity index (χ4v) is 1.94. The molecule has 1 rings (SSSR count). The third-order valence-corrected chi connectivity index (χ3v) is 3.06. The van der Waals surface area contributed by atoms with Crippen molar-refractivity contribution in [2.45, 2.75) is 51.9 Å². The molecule has 0 amide bonds. The molecule has 14 heavy (non-hydrogen) atoms. The predicted molar refractivity (Wildman–Crippen MR) is 60.2 cm³/mol. The summed E-state index contributed by atoms with van der Waals surface area (Å²) < 4.78 is 0. The van der Waals surface area contributed by atoms with Gasteiger partial charge in [-0.1, -0.05) is 31.9 Å². The van der Waals surface area contributed by atoms with E-state index in [1.165, 1.54) is 38.5 Å². The van der Waals surface area contributed by atoms with E-state index >= 15 is 0 Å². The van der Waals surface area contributed by atoms with E-state index < -0.39 is 0 Å². The van der Waals surface area contributed by atoms with Gasteiger partial charge in [-0.15, -0.1) is 0 Å². The van der Waals surface area contributed by atoms with Crippen molar-refractivity contribution < 1.29 is 4.79 Å². The molecule has 0 heterocycles. The van der Waals surface area contributed by atoms with Crippen LogP contribution < -0.4 is 0 Å². The summed E-state index contributed by atoms with van der Waals surface area (Å²) in [7, 11) is 0. The normalized spacial score (nSPS) is 25.5. The summed E-state index contributed by atoms with van der Waals surface area (Å²) in [5.41, 5.74) is 0. The summed E-state index contributed by atoms with van der Waals surface area (Å²) >= 11 is 0. The molecule has 0 N–H and O–H groups in total. The third kappa shape index (κ3) is 4.59. The highest BCUT2D eigenvalue weighted by atomic mass is 16.1. The minimum atomic E-state index is 0.733. The van der Waals surface area contributed by atoms with Gasteiger partial charge in [0.05, 0.1) is 0 Å². The lowest BCUT2D eigenvalue weighted by atomic mass is 10.1. The van der Waals surface area contributed by atoms with Crippen molar-refractivity contribution in [3.05, 3.63) is 12.2 Å². The first-order valence-electron chi connectivity index (χ1n) is 5.97. The van der Waals surface area contributed by atoms with E-state index in [2.05, 4.69) is 19.1 Å². The molecule has 1 aliphatic rings. The molecule has 0 aliphatic heterocycles. The van der Waals surface area contributed by atoms with E-state index in [0.717, 1.165) is 24.5 Å². The molecule has 0 radical (unpaired) electrons. The first-order chi connectivity index (χ1) is 6.88. The summed E-state index contributed by atoms with van der Waals surface area (Å²) in [5.74, 6) is 1.59. The van der Waals surface area contributed by atoms with Crippen molar-refractivity contribution in [3.8, 4) is 0 Å². The summed E-state index contributed by atoms with van der Waals surface area (Å²) in [6, 6.07) is 0. The average molecular weight is 194 g/mol. The Morgan fingerprint density at radius 1 is 1.21 bits per heavy atom. The van der Waals surface area contributed by atoms with Gasteiger partial charge in [0.25, 0.3) is 0 Å². The summed E-state index contributed by atoms with van der Waals surface area (Å²) in [6.45, 7) is 2.22. The Kier molecular flexibility index (Phi) is 5.58. The second kappa shape index (κ2) is 6.80. The fourth-order valence-electron chi connectivity index (χ4n) is 1.94. The van der Waals surface area contributed by atoms with Crippen molar-refractivity contribution >= 4 is 6.29 Å². The van der Waals surface area contributed by atoms with E-state index in [9.17, 15) is 4.79 Å². The molecular weight excluding hydrogens is 172 g/mol. The van der Waals surface area contributed by atoms with Crippen LogP contribution in [0.3, 0.4) is 0 Å². The van der Waals surface area contributed by atoms with E-state index in [4.69, 9.17) is 0 Å². The number of carbonyl (C=O) groups is 1. The highest BCUT2D eigenvalue weighted by Gasteiger charge is 2.35. The fraction of sp³-hybridized carbons (Fsp3) is 0.769. The number of carbonyl (C=O) groups excluding carboxylic acids is 1. The van der Waals surface area contributed by atoms with Gasteiger partial charge in [0, 0.05) is 6.42 Å². The van der Waals surface area contributed by atoms with Crippen LogP contribution in [0.25, 0.3) is 0 Å². The van der Waals surface area contributed by atoms with Crippen LogP contribution in [0, 0.1) is 11.8 Å². The topological polar surface area (TPSA) is 17.1 Å². The smallest absolute Gasteiger partial charge is 0.120 e. The minimum absolute atomic E-state index is 0.733. The molecule has 80 valence electrons. The third-order valence-electron chi connectivity index (χ3n) is 3.06. The first-order valence-corrected chi connectivity index (χ1v) is 5.97. The van der Waals surface area contributed by atoms with Crippen LogP contribution in [0.4, 0.5) is 0 Å². The Balaban J connectivity index is 1.90. The van der Waals surface area contributed by atoms with Gasteiger partial charge in [0.1, 0.15) is 6.29 Å². The molecule has 2 unspecified atom stereocenters. The lowest BCUT2D eigenvalue weighted by Gasteiger charge is -1.93. The molecule has 0 bridgehead atoms.